The molecule has 2 aromatic carbocycles. The van der Waals surface area contributed by atoms with Crippen molar-refractivity contribution < 1.29 is 4.79 Å². The van der Waals surface area contributed by atoms with Crippen LogP contribution >= 0.6 is 0 Å². The molecule has 0 aliphatic heterocycles. The maximum absolute atomic E-state index is 12.2. The first kappa shape index (κ1) is 14.3. The van der Waals surface area contributed by atoms with Crippen LogP contribution < -0.4 is 10.6 Å². The van der Waals surface area contributed by atoms with Crippen molar-refractivity contribution in [1.29, 1.82) is 0 Å². The van der Waals surface area contributed by atoms with Gasteiger partial charge < -0.3 is 10.6 Å². The highest BCUT2D eigenvalue weighted by Crippen LogP contribution is 2.14. The van der Waals surface area contributed by atoms with Crippen LogP contribution in [0.4, 0.5) is 5.69 Å². The summed E-state index contributed by atoms with van der Waals surface area (Å²) in [6.45, 7) is 4.88. The van der Waals surface area contributed by atoms with Crippen LogP contribution in [0.3, 0.4) is 0 Å². The molecule has 0 spiro atoms. The summed E-state index contributed by atoms with van der Waals surface area (Å²) < 4.78 is 0. The summed E-state index contributed by atoms with van der Waals surface area (Å²) in [6.07, 6.45) is 0. The van der Waals surface area contributed by atoms with Crippen LogP contribution in [0.1, 0.15) is 27.0 Å². The number of rotatable bonds is 4. The molecule has 2 aromatic rings. The average Bonchev–Trinajstić information content (AvgIpc) is 2.44. The zero-order valence-electron chi connectivity index (χ0n) is 12.2. The molecule has 0 aliphatic rings. The van der Waals surface area contributed by atoms with E-state index in [2.05, 4.69) is 10.6 Å². The Labute approximate surface area is 120 Å². The maximum Gasteiger partial charge on any atom is 0.255 e. The van der Waals surface area contributed by atoms with E-state index in [1.54, 1.807) is 0 Å². The van der Waals surface area contributed by atoms with Crippen molar-refractivity contribution in [3.05, 3.63) is 64.7 Å². The van der Waals surface area contributed by atoms with E-state index in [0.29, 0.717) is 5.56 Å². The molecule has 20 heavy (non-hydrogen) atoms. The number of anilines is 1. The molecule has 0 radical (unpaired) electrons. The van der Waals surface area contributed by atoms with Crippen LogP contribution in [0.5, 0.6) is 0 Å². The number of carbonyl (C=O) groups excluding carboxylic acids is 1. The lowest BCUT2D eigenvalue weighted by Crippen LogP contribution is -2.12. The Bertz CT molecular complexity index is 603. The predicted octanol–water partition coefficient (Wildman–Crippen LogP) is 3.28. The van der Waals surface area contributed by atoms with Gasteiger partial charge >= 0.3 is 0 Å². The van der Waals surface area contributed by atoms with Crippen molar-refractivity contribution in [2.24, 2.45) is 0 Å². The summed E-state index contributed by atoms with van der Waals surface area (Å²) in [7, 11) is 1.91. The first-order valence-electron chi connectivity index (χ1n) is 6.72. The van der Waals surface area contributed by atoms with Crippen LogP contribution in [0.25, 0.3) is 0 Å². The zero-order valence-corrected chi connectivity index (χ0v) is 12.2. The second-order valence-corrected chi connectivity index (χ2v) is 4.98. The number of aryl methyl sites for hydroxylation is 2. The zero-order chi connectivity index (χ0) is 14.5. The molecule has 3 nitrogen and oxygen atoms in total. The molecule has 0 heterocycles. The van der Waals surface area contributed by atoms with Gasteiger partial charge in [0.1, 0.15) is 0 Å². The van der Waals surface area contributed by atoms with Crippen LogP contribution in [-0.2, 0) is 6.54 Å². The topological polar surface area (TPSA) is 41.1 Å². The van der Waals surface area contributed by atoms with E-state index in [-0.39, 0.29) is 5.91 Å². The molecule has 0 unspecified atom stereocenters. The quantitative estimate of drug-likeness (QED) is 0.893. The standard InChI is InChI=1S/C17H20N2O/c1-12-4-7-15(10-13(12)2)17(20)19-16-8-5-14(6-9-16)11-18-3/h4-10,18H,11H2,1-3H3,(H,19,20). The van der Waals surface area contributed by atoms with Gasteiger partial charge in [0.05, 0.1) is 0 Å². The summed E-state index contributed by atoms with van der Waals surface area (Å²) >= 11 is 0. The van der Waals surface area contributed by atoms with Gasteiger partial charge in [-0.2, -0.15) is 0 Å². The number of nitrogens with one attached hydrogen (secondary N) is 2. The molecule has 2 rings (SSSR count). The molecule has 0 bridgehead atoms. The normalized spacial score (nSPS) is 10.3. The summed E-state index contributed by atoms with van der Waals surface area (Å²) in [4.78, 5) is 12.2. The van der Waals surface area contributed by atoms with Gasteiger partial charge in [-0.15, -0.1) is 0 Å². The van der Waals surface area contributed by atoms with E-state index in [1.165, 1.54) is 11.1 Å². The number of hydrogen-bond donors (Lipinski definition) is 2. The lowest BCUT2D eigenvalue weighted by molar-refractivity contribution is 0.102. The van der Waals surface area contributed by atoms with E-state index in [0.717, 1.165) is 17.8 Å². The molecule has 0 aliphatic carbocycles. The predicted molar refractivity (Wildman–Crippen MR) is 83.1 cm³/mol. The molecule has 2 N–H and O–H groups in total. The number of carbonyl (C=O) groups is 1. The molecular weight excluding hydrogens is 248 g/mol. The Balaban J connectivity index is 2.08. The third-order valence-corrected chi connectivity index (χ3v) is 3.36. The van der Waals surface area contributed by atoms with E-state index >= 15 is 0 Å². The summed E-state index contributed by atoms with van der Waals surface area (Å²) in [6, 6.07) is 13.6. The van der Waals surface area contributed by atoms with E-state index in [4.69, 9.17) is 0 Å². The smallest absolute Gasteiger partial charge is 0.255 e. The summed E-state index contributed by atoms with van der Waals surface area (Å²) in [5.74, 6) is -0.0746. The Morgan fingerprint density at radius 1 is 1.00 bits per heavy atom. The molecule has 3 heteroatoms. The van der Waals surface area contributed by atoms with Gasteiger partial charge in [-0.25, -0.2) is 0 Å². The first-order chi connectivity index (χ1) is 9.60. The van der Waals surface area contributed by atoms with Crippen LogP contribution in [-0.4, -0.2) is 13.0 Å². The van der Waals surface area contributed by atoms with Crippen molar-refractivity contribution in [2.45, 2.75) is 20.4 Å². The van der Waals surface area contributed by atoms with E-state index < -0.39 is 0 Å². The molecule has 1 amide bonds. The molecule has 0 saturated heterocycles. The minimum Gasteiger partial charge on any atom is -0.322 e. The second-order valence-electron chi connectivity index (χ2n) is 4.98. The van der Waals surface area contributed by atoms with Gasteiger partial charge in [-0.1, -0.05) is 18.2 Å². The van der Waals surface area contributed by atoms with Gasteiger partial charge in [0.15, 0.2) is 0 Å². The Morgan fingerprint density at radius 3 is 2.30 bits per heavy atom. The summed E-state index contributed by atoms with van der Waals surface area (Å²) in [5.41, 5.74) is 5.01. The molecule has 0 fully saturated rings. The highest BCUT2D eigenvalue weighted by molar-refractivity contribution is 6.04. The van der Waals surface area contributed by atoms with Crippen LogP contribution in [0.2, 0.25) is 0 Å². The minimum atomic E-state index is -0.0746. The van der Waals surface area contributed by atoms with Crippen LogP contribution in [0.15, 0.2) is 42.5 Å². The molecule has 104 valence electrons. The SMILES string of the molecule is CNCc1ccc(NC(=O)c2ccc(C)c(C)c2)cc1. The lowest BCUT2D eigenvalue weighted by atomic mass is 10.1. The number of amides is 1. The van der Waals surface area contributed by atoms with Crippen molar-refractivity contribution >= 4 is 11.6 Å². The molecule has 0 atom stereocenters. The van der Waals surface area contributed by atoms with E-state index in [9.17, 15) is 4.79 Å². The largest absolute Gasteiger partial charge is 0.322 e. The Hall–Kier alpha value is -2.13. The Morgan fingerprint density at radius 2 is 1.70 bits per heavy atom. The molecule has 0 saturated carbocycles. The fourth-order valence-corrected chi connectivity index (χ4v) is 2.00. The van der Waals surface area contributed by atoms with Crippen LogP contribution in [0, 0.1) is 13.8 Å². The van der Waals surface area contributed by atoms with Crippen molar-refractivity contribution in [2.75, 3.05) is 12.4 Å². The first-order valence-corrected chi connectivity index (χ1v) is 6.72. The molecular formula is C17H20N2O. The number of benzene rings is 2. The van der Waals surface area contributed by atoms with Crippen molar-refractivity contribution in [1.82, 2.24) is 5.32 Å². The second kappa shape index (κ2) is 6.35. The third kappa shape index (κ3) is 3.45. The third-order valence-electron chi connectivity index (χ3n) is 3.36. The van der Waals surface area contributed by atoms with E-state index in [1.807, 2.05) is 63.4 Å². The highest BCUT2D eigenvalue weighted by Gasteiger charge is 2.07. The van der Waals surface area contributed by atoms with Gasteiger partial charge in [0, 0.05) is 17.8 Å². The van der Waals surface area contributed by atoms with Gasteiger partial charge in [0.25, 0.3) is 5.91 Å². The maximum atomic E-state index is 12.2. The number of hydrogen-bond acceptors (Lipinski definition) is 2. The van der Waals surface area contributed by atoms with Gasteiger partial charge in [-0.05, 0) is 61.9 Å². The summed E-state index contributed by atoms with van der Waals surface area (Å²) in [5, 5.41) is 6.01. The highest BCUT2D eigenvalue weighted by atomic mass is 16.1. The van der Waals surface area contributed by atoms with Gasteiger partial charge in [0.2, 0.25) is 0 Å². The lowest BCUT2D eigenvalue weighted by Gasteiger charge is -2.08. The van der Waals surface area contributed by atoms with Crippen molar-refractivity contribution in [3.8, 4) is 0 Å². The Kier molecular flexibility index (Phi) is 4.53. The van der Waals surface area contributed by atoms with Crippen molar-refractivity contribution in [3.63, 3.8) is 0 Å². The average molecular weight is 268 g/mol. The monoisotopic (exact) mass is 268 g/mol. The molecule has 0 aromatic heterocycles. The van der Waals surface area contributed by atoms with Gasteiger partial charge in [-0.3, -0.25) is 4.79 Å². The fourth-order valence-electron chi connectivity index (χ4n) is 2.00. The fraction of sp³-hybridized carbons (Fsp3) is 0.235. The minimum absolute atomic E-state index is 0.0746.